The van der Waals surface area contributed by atoms with E-state index < -0.39 is 0 Å². The Morgan fingerprint density at radius 2 is 0.420 bits per heavy atom. The largest absolute Gasteiger partial charge is 0.306 e. The highest BCUT2D eigenvalue weighted by Crippen LogP contribution is 2.44. The maximum atomic E-state index is 5.15. The summed E-state index contributed by atoms with van der Waals surface area (Å²) >= 11 is 5.54. The van der Waals surface area contributed by atoms with Gasteiger partial charge in [-0.1, -0.05) is 364 Å². The molecule has 0 aliphatic carbocycles. The smallest absolute Gasteiger partial charge is 0.160 e. The Labute approximate surface area is 876 Å². The molecule has 0 spiro atoms. The molecule has 19 aromatic carbocycles. The third kappa shape index (κ3) is 17.6. The van der Waals surface area contributed by atoms with Crippen LogP contribution in [0.1, 0.15) is 0 Å². The minimum atomic E-state index is 0.679. The van der Waals surface area contributed by atoms with E-state index in [0.717, 1.165) is 157 Å². The van der Waals surface area contributed by atoms with Crippen molar-refractivity contribution < 1.29 is 0 Å². The number of hydrogen-bond acceptors (Lipinski definition) is 12. The van der Waals surface area contributed by atoms with E-state index in [0.29, 0.717) is 17.5 Å². The lowest BCUT2D eigenvalue weighted by molar-refractivity contribution is 1.10. The van der Waals surface area contributed by atoms with Crippen molar-refractivity contribution >= 4 is 122 Å². The van der Waals surface area contributed by atoms with Crippen molar-refractivity contribution in [1.29, 1.82) is 0 Å². The van der Waals surface area contributed by atoms with Gasteiger partial charge in [0.25, 0.3) is 0 Å². The number of nitrogens with zero attached hydrogens (tertiary/aromatic N) is 12. The number of imidazole rings is 3. The molecular formula is C135H86N12S3. The summed E-state index contributed by atoms with van der Waals surface area (Å²) in [6, 6.07) is 178. The van der Waals surface area contributed by atoms with Gasteiger partial charge < -0.3 is 4.40 Å². The van der Waals surface area contributed by atoms with Crippen LogP contribution in [0.2, 0.25) is 0 Å². The highest BCUT2D eigenvalue weighted by Gasteiger charge is 2.23. The van der Waals surface area contributed by atoms with Crippen molar-refractivity contribution in [2.45, 2.75) is 0 Å². The fourth-order valence-electron chi connectivity index (χ4n) is 20.2. The van der Waals surface area contributed by atoms with Crippen molar-refractivity contribution in [1.82, 2.24) is 58.4 Å². The van der Waals surface area contributed by atoms with Gasteiger partial charge in [-0.05, 0) is 179 Å². The number of benzene rings is 19. The first-order chi connectivity index (χ1) is 74.2. The second-order valence-electron chi connectivity index (χ2n) is 37.2. The molecule has 704 valence electrons. The number of pyridine rings is 1. The van der Waals surface area contributed by atoms with E-state index in [1.807, 2.05) is 142 Å². The number of para-hydroxylation sites is 5. The third-order valence-corrected chi connectivity index (χ3v) is 31.3. The zero-order valence-electron chi connectivity index (χ0n) is 80.7. The average Bonchev–Trinajstić information content (AvgIpc) is 1.61. The summed E-state index contributed by atoms with van der Waals surface area (Å²) in [5.74, 6) is 3.85. The van der Waals surface area contributed by atoms with Gasteiger partial charge in [-0.3, -0.25) is 9.13 Å². The van der Waals surface area contributed by atoms with Crippen LogP contribution >= 0.6 is 34.0 Å². The molecule has 150 heavy (non-hydrogen) atoms. The molecule has 0 unspecified atom stereocenters. The molecule has 0 radical (unpaired) electrons. The molecule has 12 nitrogen and oxygen atoms in total. The highest BCUT2D eigenvalue weighted by molar-refractivity contribution is 7.26. The second-order valence-corrected chi connectivity index (χ2v) is 40.4. The fraction of sp³-hybridized carbons (Fsp3) is 0. The van der Waals surface area contributed by atoms with Crippen LogP contribution in [0.15, 0.2) is 522 Å². The lowest BCUT2D eigenvalue weighted by Crippen LogP contribution is -1.99. The van der Waals surface area contributed by atoms with Gasteiger partial charge in [-0.2, -0.15) is 0 Å². The lowest BCUT2D eigenvalue weighted by Gasteiger charge is -2.12. The van der Waals surface area contributed by atoms with Crippen LogP contribution in [0.3, 0.4) is 0 Å². The quantitative estimate of drug-likeness (QED) is 0.0874. The van der Waals surface area contributed by atoms with E-state index in [4.69, 9.17) is 44.9 Å². The van der Waals surface area contributed by atoms with Crippen molar-refractivity contribution in [3.05, 3.63) is 522 Å². The Morgan fingerprint density at radius 3 is 0.787 bits per heavy atom. The molecule has 0 saturated carbocycles. The van der Waals surface area contributed by atoms with E-state index in [2.05, 4.69) is 428 Å². The SMILES string of the molecule is c1ccc(-c2cc(-c3ccc(-c4ccc5sc6ccccc6c5c4)cc3)nc(-c3ccc(-c4cn5ccccc5n4)cc3)n2)cc1.c1ccc(-c2cc(-c3ccc(-c4ccc5sc6ccccc6c5c4)cc3)nc(-c3ccc(-c4nc5ccccc5n4-c4ccccc4)cc3)n2)cc1.c1ccc(-c2cc(-c3ccc(-c4ccc5sc6ccccc6c5c4)cc3)nc(-c3ccc(-n4c(-c5ccccc5)nc5ccccc54)cc3)n2)cc1. The van der Waals surface area contributed by atoms with Gasteiger partial charge in [0.1, 0.15) is 17.3 Å². The van der Waals surface area contributed by atoms with E-state index in [-0.39, 0.29) is 0 Å². The molecule has 0 amide bonds. The molecule has 0 N–H and O–H groups in total. The second kappa shape index (κ2) is 39.0. The minimum Gasteiger partial charge on any atom is -0.306 e. The van der Waals surface area contributed by atoms with Crippen molar-refractivity contribution in [3.8, 4) is 180 Å². The van der Waals surface area contributed by atoms with Crippen LogP contribution in [0.5, 0.6) is 0 Å². The Kier molecular flexibility index (Phi) is 23.3. The molecule has 10 aromatic heterocycles. The zero-order chi connectivity index (χ0) is 99.3. The van der Waals surface area contributed by atoms with E-state index in [1.54, 1.807) is 0 Å². The van der Waals surface area contributed by atoms with Gasteiger partial charge in [0.05, 0.1) is 61.9 Å². The van der Waals surface area contributed by atoms with Crippen LogP contribution in [0.4, 0.5) is 0 Å². The predicted octanol–water partition coefficient (Wildman–Crippen LogP) is 35.9. The van der Waals surface area contributed by atoms with Crippen LogP contribution in [0, 0.1) is 0 Å². The van der Waals surface area contributed by atoms with Gasteiger partial charge in [0.2, 0.25) is 0 Å². The maximum absolute atomic E-state index is 5.15. The maximum Gasteiger partial charge on any atom is 0.160 e. The Balaban J connectivity index is 0.000000111. The van der Waals surface area contributed by atoms with Crippen LogP contribution < -0.4 is 0 Å². The lowest BCUT2D eigenvalue weighted by atomic mass is 10.00. The average molecular weight is 1970 g/mol. The summed E-state index contributed by atoms with van der Waals surface area (Å²) in [5.41, 5.74) is 32.8. The molecule has 15 heteroatoms. The van der Waals surface area contributed by atoms with E-state index >= 15 is 0 Å². The summed E-state index contributed by atoms with van der Waals surface area (Å²) in [5, 5.41) is 7.85. The Hall–Kier alpha value is -19.3. The minimum absolute atomic E-state index is 0.679. The molecule has 0 saturated heterocycles. The molecule has 0 bridgehead atoms. The number of rotatable bonds is 17. The molecule has 10 heterocycles. The summed E-state index contributed by atoms with van der Waals surface area (Å²) in [4.78, 5) is 45.4. The zero-order valence-corrected chi connectivity index (χ0v) is 83.2. The Bertz CT molecular complexity index is 10100. The number of thiophene rings is 3. The monoisotopic (exact) mass is 1970 g/mol. The molecule has 0 fully saturated rings. The molecule has 0 atom stereocenters. The third-order valence-electron chi connectivity index (χ3n) is 27.8. The highest BCUT2D eigenvalue weighted by atomic mass is 32.1. The van der Waals surface area contributed by atoms with E-state index in [1.165, 1.54) is 93.9 Å². The summed E-state index contributed by atoms with van der Waals surface area (Å²) < 4.78 is 14.4. The predicted molar refractivity (Wildman–Crippen MR) is 624 cm³/mol. The number of aromatic nitrogens is 12. The van der Waals surface area contributed by atoms with Crippen LogP contribution in [-0.2, 0) is 0 Å². The standard InChI is InChI=1S/2C47H30N4S.C41H26N4S/c1-3-11-32(12-4-1)41-30-42(33-21-19-31(20-22-33)36-25-28-45-39(29-36)38-15-7-10-18-44(38)52-45)49-46(48-41)34-23-26-37(27-24-34)51-43-17-9-8-16-40(43)50-47(51)35-13-5-2-6-14-35;1-3-11-32(12-4-1)41-30-42(33-21-19-31(20-22-33)36-27-28-45-39(29-36)38-15-7-10-18-44(38)52-45)49-46(48-41)34-23-25-35(26-24-34)47-50-40-16-8-9-17-43(40)51(47)37-13-5-2-6-14-37;1-2-8-28(9-3-1)35-25-36(44-41(43-35)31-19-17-30(18-20-31)37-26-45-23-7-6-12-40(45)42-37)29-15-13-27(14-16-29)32-21-22-39-34(24-32)33-10-4-5-11-38(33)46-39/h2*1-30H;1-26H. The fourth-order valence-corrected chi connectivity index (χ4v) is 23.4. The molecule has 29 rings (SSSR count). The van der Waals surface area contributed by atoms with Crippen LogP contribution in [0.25, 0.3) is 269 Å². The Morgan fingerprint density at radius 1 is 0.160 bits per heavy atom. The molecule has 0 aliphatic heterocycles. The summed E-state index contributed by atoms with van der Waals surface area (Å²) in [6.45, 7) is 0. The van der Waals surface area contributed by atoms with Gasteiger partial charge in [-0.15, -0.1) is 34.0 Å². The summed E-state index contributed by atoms with van der Waals surface area (Å²) in [6.07, 6.45) is 4.07. The first kappa shape index (κ1) is 89.5. The van der Waals surface area contributed by atoms with Gasteiger partial charge in [0, 0.05) is 151 Å². The van der Waals surface area contributed by atoms with Crippen molar-refractivity contribution in [3.63, 3.8) is 0 Å². The topological polar surface area (TPSA) is 130 Å². The van der Waals surface area contributed by atoms with Crippen LogP contribution in [-0.4, -0.2) is 58.4 Å². The molecule has 0 aliphatic rings. The van der Waals surface area contributed by atoms with Crippen molar-refractivity contribution in [2.75, 3.05) is 0 Å². The van der Waals surface area contributed by atoms with Gasteiger partial charge >= 0.3 is 0 Å². The summed E-state index contributed by atoms with van der Waals surface area (Å²) in [7, 11) is 0. The normalized spacial score (nSPS) is 11.5. The number of fused-ring (bicyclic) bond motifs is 12. The van der Waals surface area contributed by atoms with E-state index in [9.17, 15) is 0 Å². The first-order valence-electron chi connectivity index (χ1n) is 50.0. The van der Waals surface area contributed by atoms with Gasteiger partial charge in [0.15, 0.2) is 17.5 Å². The first-order valence-corrected chi connectivity index (χ1v) is 52.4. The molecular weight excluding hydrogens is 1890 g/mol. The van der Waals surface area contributed by atoms with Gasteiger partial charge in [-0.25, -0.2) is 44.9 Å². The molecule has 29 aromatic rings. The number of hydrogen-bond donors (Lipinski definition) is 0. The van der Waals surface area contributed by atoms with Crippen molar-refractivity contribution in [2.24, 2.45) is 0 Å².